The van der Waals surface area contributed by atoms with Crippen LogP contribution in [0, 0.1) is 19.7 Å². The van der Waals surface area contributed by atoms with Crippen LogP contribution in [0.2, 0.25) is 0 Å². The highest BCUT2D eigenvalue weighted by Crippen LogP contribution is 2.29. The van der Waals surface area contributed by atoms with E-state index in [9.17, 15) is 4.39 Å². The van der Waals surface area contributed by atoms with Gasteiger partial charge in [-0.05, 0) is 49.9 Å². The minimum Gasteiger partial charge on any atom is -0.368 e. The van der Waals surface area contributed by atoms with Crippen LogP contribution in [0.15, 0.2) is 18.2 Å². The molecule has 0 atom stereocenters. The maximum atomic E-state index is 13.5. The number of anilines is 2. The Labute approximate surface area is 117 Å². The average Bonchev–Trinajstić information content (AvgIpc) is 3.19. The van der Waals surface area contributed by atoms with Gasteiger partial charge in [0.2, 0.25) is 5.95 Å². The lowest BCUT2D eigenvalue weighted by molar-refractivity contribution is 0.617. The summed E-state index contributed by atoms with van der Waals surface area (Å²) in [6.45, 7) is 3.65. The van der Waals surface area contributed by atoms with E-state index in [2.05, 4.69) is 15.3 Å². The first kappa shape index (κ1) is 12.8. The van der Waals surface area contributed by atoms with Crippen molar-refractivity contribution in [2.75, 3.05) is 11.1 Å². The summed E-state index contributed by atoms with van der Waals surface area (Å²) in [4.78, 5) is 8.46. The minimum atomic E-state index is -0.204. The predicted molar refractivity (Wildman–Crippen MR) is 78.0 cm³/mol. The van der Waals surface area contributed by atoms with Crippen LogP contribution in [0.1, 0.15) is 24.0 Å². The van der Waals surface area contributed by atoms with Gasteiger partial charge in [-0.2, -0.15) is 4.98 Å². The van der Waals surface area contributed by atoms with E-state index in [1.165, 1.54) is 6.07 Å². The molecule has 0 saturated heterocycles. The van der Waals surface area contributed by atoms with Crippen molar-refractivity contribution in [1.29, 1.82) is 0 Å². The highest BCUT2D eigenvalue weighted by Gasteiger charge is 2.22. The van der Waals surface area contributed by atoms with Crippen LogP contribution in [-0.2, 0) is 0 Å². The topological polar surface area (TPSA) is 63.8 Å². The molecule has 0 bridgehead atoms. The molecule has 0 spiro atoms. The first-order valence-electron chi connectivity index (χ1n) is 6.72. The van der Waals surface area contributed by atoms with Gasteiger partial charge < -0.3 is 11.1 Å². The van der Waals surface area contributed by atoms with Gasteiger partial charge >= 0.3 is 0 Å². The van der Waals surface area contributed by atoms with E-state index in [0.29, 0.717) is 11.6 Å². The zero-order valence-corrected chi connectivity index (χ0v) is 11.6. The Morgan fingerprint density at radius 2 is 1.95 bits per heavy atom. The van der Waals surface area contributed by atoms with Gasteiger partial charge in [-0.1, -0.05) is 0 Å². The van der Waals surface area contributed by atoms with Crippen molar-refractivity contribution in [3.05, 3.63) is 35.1 Å². The third-order valence-electron chi connectivity index (χ3n) is 3.67. The largest absolute Gasteiger partial charge is 0.368 e. The van der Waals surface area contributed by atoms with Gasteiger partial charge in [0.25, 0.3) is 0 Å². The van der Waals surface area contributed by atoms with E-state index in [-0.39, 0.29) is 11.8 Å². The Hall–Kier alpha value is -2.17. The molecule has 4 nitrogen and oxygen atoms in total. The van der Waals surface area contributed by atoms with Gasteiger partial charge in [-0.25, -0.2) is 9.37 Å². The number of nitrogens with one attached hydrogen (secondary N) is 1. The summed E-state index contributed by atoms with van der Waals surface area (Å²) in [7, 11) is 0. The number of nitrogen functional groups attached to an aromatic ring is 1. The molecule has 1 fully saturated rings. The summed E-state index contributed by atoms with van der Waals surface area (Å²) in [5.74, 6) is 0.757. The first-order valence-corrected chi connectivity index (χ1v) is 6.72. The molecule has 0 radical (unpaired) electrons. The first-order chi connectivity index (χ1) is 9.54. The molecule has 0 aliphatic heterocycles. The smallest absolute Gasteiger partial charge is 0.222 e. The van der Waals surface area contributed by atoms with Crippen molar-refractivity contribution in [3.63, 3.8) is 0 Å². The number of rotatable bonds is 3. The summed E-state index contributed by atoms with van der Waals surface area (Å²) in [6.07, 6.45) is 2.32. The van der Waals surface area contributed by atoms with E-state index in [1.54, 1.807) is 13.0 Å². The molecular weight excluding hydrogens is 255 g/mol. The standard InChI is InChI=1S/C15H17FN4/c1-8-9(2)12(16)6-5-11(8)13-7-14(18-10-3-4-10)20-15(17)19-13/h5-7,10H,3-4H2,1-2H3,(H3,17,18,19,20). The Morgan fingerprint density at radius 3 is 2.65 bits per heavy atom. The van der Waals surface area contributed by atoms with Crippen LogP contribution in [-0.4, -0.2) is 16.0 Å². The van der Waals surface area contributed by atoms with Crippen molar-refractivity contribution >= 4 is 11.8 Å². The summed E-state index contributed by atoms with van der Waals surface area (Å²) < 4.78 is 13.5. The summed E-state index contributed by atoms with van der Waals surface area (Å²) in [5.41, 5.74) is 8.89. The average molecular weight is 272 g/mol. The fourth-order valence-electron chi connectivity index (χ4n) is 2.18. The molecule has 2 aromatic rings. The Morgan fingerprint density at radius 1 is 1.20 bits per heavy atom. The molecule has 1 aliphatic carbocycles. The zero-order valence-electron chi connectivity index (χ0n) is 11.6. The summed E-state index contributed by atoms with van der Waals surface area (Å²) in [6, 6.07) is 5.56. The second-order valence-corrected chi connectivity index (χ2v) is 5.26. The lowest BCUT2D eigenvalue weighted by atomic mass is 10.0. The van der Waals surface area contributed by atoms with E-state index in [4.69, 9.17) is 5.73 Å². The maximum Gasteiger partial charge on any atom is 0.222 e. The van der Waals surface area contributed by atoms with Gasteiger partial charge in [-0.15, -0.1) is 0 Å². The molecule has 20 heavy (non-hydrogen) atoms. The highest BCUT2D eigenvalue weighted by atomic mass is 19.1. The molecule has 1 aromatic heterocycles. The van der Waals surface area contributed by atoms with E-state index in [1.807, 2.05) is 13.0 Å². The number of hydrogen-bond donors (Lipinski definition) is 2. The third-order valence-corrected chi connectivity index (χ3v) is 3.67. The molecule has 3 N–H and O–H groups in total. The Kier molecular flexibility index (Phi) is 3.04. The van der Waals surface area contributed by atoms with Gasteiger partial charge in [0.15, 0.2) is 0 Å². The third kappa shape index (κ3) is 2.43. The van der Waals surface area contributed by atoms with Crippen molar-refractivity contribution in [2.45, 2.75) is 32.7 Å². The van der Waals surface area contributed by atoms with Gasteiger partial charge in [0.05, 0.1) is 5.69 Å². The fourth-order valence-corrected chi connectivity index (χ4v) is 2.18. The lowest BCUT2D eigenvalue weighted by Crippen LogP contribution is -2.07. The summed E-state index contributed by atoms with van der Waals surface area (Å²) in [5, 5.41) is 3.31. The van der Waals surface area contributed by atoms with Crippen LogP contribution in [0.4, 0.5) is 16.2 Å². The Bertz CT molecular complexity index is 665. The molecule has 1 aliphatic rings. The molecule has 3 rings (SSSR count). The summed E-state index contributed by atoms with van der Waals surface area (Å²) >= 11 is 0. The number of hydrogen-bond acceptors (Lipinski definition) is 4. The maximum absolute atomic E-state index is 13.5. The second-order valence-electron chi connectivity index (χ2n) is 5.26. The van der Waals surface area contributed by atoms with Crippen LogP contribution >= 0.6 is 0 Å². The van der Waals surface area contributed by atoms with Crippen molar-refractivity contribution in [3.8, 4) is 11.3 Å². The number of benzene rings is 1. The predicted octanol–water partition coefficient (Wildman–Crippen LogP) is 3.06. The van der Waals surface area contributed by atoms with Gasteiger partial charge in [0.1, 0.15) is 11.6 Å². The van der Waals surface area contributed by atoms with Gasteiger partial charge in [0, 0.05) is 17.7 Å². The van der Waals surface area contributed by atoms with E-state index in [0.717, 1.165) is 35.5 Å². The van der Waals surface area contributed by atoms with Crippen molar-refractivity contribution < 1.29 is 4.39 Å². The zero-order chi connectivity index (χ0) is 14.3. The van der Waals surface area contributed by atoms with Gasteiger partial charge in [-0.3, -0.25) is 0 Å². The fraction of sp³-hybridized carbons (Fsp3) is 0.333. The molecule has 104 valence electrons. The van der Waals surface area contributed by atoms with Crippen LogP contribution in [0.5, 0.6) is 0 Å². The van der Waals surface area contributed by atoms with E-state index < -0.39 is 0 Å². The van der Waals surface area contributed by atoms with Crippen LogP contribution < -0.4 is 11.1 Å². The molecule has 1 saturated carbocycles. The lowest BCUT2D eigenvalue weighted by Gasteiger charge is -2.11. The minimum absolute atomic E-state index is 0.204. The van der Waals surface area contributed by atoms with Crippen LogP contribution in [0.3, 0.4) is 0 Å². The molecule has 1 heterocycles. The molecular formula is C15H17FN4. The Balaban J connectivity index is 2.04. The normalized spacial score (nSPS) is 14.3. The highest BCUT2D eigenvalue weighted by molar-refractivity contribution is 5.68. The molecule has 5 heteroatoms. The molecule has 1 aromatic carbocycles. The number of halogens is 1. The van der Waals surface area contributed by atoms with Crippen LogP contribution in [0.25, 0.3) is 11.3 Å². The monoisotopic (exact) mass is 272 g/mol. The van der Waals surface area contributed by atoms with E-state index >= 15 is 0 Å². The molecule has 0 unspecified atom stereocenters. The number of aromatic nitrogens is 2. The van der Waals surface area contributed by atoms with Crippen molar-refractivity contribution in [1.82, 2.24) is 9.97 Å². The second kappa shape index (κ2) is 4.74. The number of nitrogens with zero attached hydrogens (tertiary/aromatic N) is 2. The van der Waals surface area contributed by atoms with Crippen molar-refractivity contribution in [2.24, 2.45) is 0 Å². The quantitative estimate of drug-likeness (QED) is 0.901. The SMILES string of the molecule is Cc1c(F)ccc(-c2cc(NC3CC3)nc(N)n2)c1C. The number of nitrogens with two attached hydrogens (primary N) is 1. The molecule has 0 amide bonds.